The molecule has 0 radical (unpaired) electrons. The van der Waals surface area contributed by atoms with E-state index in [1.165, 1.54) is 0 Å². The van der Waals surface area contributed by atoms with Gasteiger partial charge in [-0.2, -0.15) is 4.99 Å². The molecule has 0 spiro atoms. The van der Waals surface area contributed by atoms with Gasteiger partial charge in [-0.3, -0.25) is 14.9 Å². The molecular weight excluding hydrogens is 221 g/mol. The van der Waals surface area contributed by atoms with Crippen LogP contribution in [0.15, 0.2) is 4.99 Å². The summed E-state index contributed by atoms with van der Waals surface area (Å²) >= 11 is 0. The molecule has 4 amide bonds. The van der Waals surface area contributed by atoms with Gasteiger partial charge >= 0.3 is 6.03 Å². The van der Waals surface area contributed by atoms with Gasteiger partial charge in [-0.05, 0) is 0 Å². The second kappa shape index (κ2) is 4.55. The average Bonchev–Trinajstić information content (AvgIpc) is 2.14. The predicted molar refractivity (Wildman–Crippen MR) is 50.7 cm³/mol. The van der Waals surface area contributed by atoms with Crippen molar-refractivity contribution in [2.45, 2.75) is 6.04 Å². The van der Waals surface area contributed by atoms with Crippen LogP contribution in [0.25, 0.3) is 0 Å². The highest BCUT2D eigenvalue weighted by Gasteiger charge is 2.37. The summed E-state index contributed by atoms with van der Waals surface area (Å²) in [6.07, 6.45) is 0. The van der Waals surface area contributed by atoms with Crippen LogP contribution in [0.4, 0.5) is 9.18 Å². The van der Waals surface area contributed by atoms with Crippen molar-refractivity contribution < 1.29 is 18.8 Å². The van der Waals surface area contributed by atoms with Crippen molar-refractivity contribution in [3.8, 4) is 0 Å². The molecule has 0 saturated heterocycles. The summed E-state index contributed by atoms with van der Waals surface area (Å²) in [5.41, 5.74) is 9.71. The molecule has 0 aromatic carbocycles. The number of aliphatic imine (C=N–C) groups is 1. The summed E-state index contributed by atoms with van der Waals surface area (Å²) in [5, 5.41) is 4.31. The van der Waals surface area contributed by atoms with Crippen LogP contribution in [0.2, 0.25) is 0 Å². The maximum atomic E-state index is 12.6. The van der Waals surface area contributed by atoms with E-state index >= 15 is 0 Å². The van der Waals surface area contributed by atoms with Crippen molar-refractivity contribution in [2.24, 2.45) is 22.4 Å². The minimum absolute atomic E-state index is 0.294. The van der Waals surface area contributed by atoms with Gasteiger partial charge < -0.3 is 16.8 Å². The Morgan fingerprint density at radius 3 is 2.56 bits per heavy atom. The SMILES string of the molecule is NC(=O)NC1=NC(=O)[C@@H](C(N)=O)C(CF)N1. The van der Waals surface area contributed by atoms with Crippen molar-refractivity contribution in [1.82, 2.24) is 10.6 Å². The van der Waals surface area contributed by atoms with Gasteiger partial charge in [0, 0.05) is 0 Å². The summed E-state index contributed by atoms with van der Waals surface area (Å²) < 4.78 is 12.6. The number of amides is 4. The molecule has 9 heteroatoms. The second-order valence-electron chi connectivity index (χ2n) is 3.07. The van der Waals surface area contributed by atoms with Gasteiger partial charge in [0.25, 0.3) is 5.91 Å². The fourth-order valence-corrected chi connectivity index (χ4v) is 1.27. The molecule has 0 aliphatic carbocycles. The van der Waals surface area contributed by atoms with Crippen LogP contribution >= 0.6 is 0 Å². The van der Waals surface area contributed by atoms with Crippen molar-refractivity contribution in [2.75, 3.05) is 6.67 Å². The summed E-state index contributed by atoms with van der Waals surface area (Å²) in [7, 11) is 0. The monoisotopic (exact) mass is 231 g/mol. The molecule has 8 nitrogen and oxygen atoms in total. The standard InChI is InChI=1S/C7H10FN5O3/c8-1-2-3(4(9)14)5(15)12-7(11-2)13-6(10)16/h2-3H,1H2,(H2,9,14)(H4,10,11,12,13,15,16)/t2?,3-/m1/s1. The molecule has 0 aromatic heterocycles. The van der Waals surface area contributed by atoms with Gasteiger partial charge in [-0.25, -0.2) is 9.18 Å². The molecule has 0 fully saturated rings. The van der Waals surface area contributed by atoms with E-state index in [9.17, 15) is 18.8 Å². The Kier molecular flexibility index (Phi) is 3.38. The summed E-state index contributed by atoms with van der Waals surface area (Å²) in [6, 6.07) is -2.11. The number of nitrogens with zero attached hydrogens (tertiary/aromatic N) is 1. The molecule has 88 valence electrons. The maximum Gasteiger partial charge on any atom is 0.318 e. The Labute approximate surface area is 89.2 Å². The molecule has 1 rings (SSSR count). The number of urea groups is 1. The largest absolute Gasteiger partial charge is 0.369 e. The first-order valence-corrected chi connectivity index (χ1v) is 4.26. The molecule has 1 aliphatic heterocycles. The van der Waals surface area contributed by atoms with Crippen molar-refractivity contribution in [3.05, 3.63) is 0 Å². The van der Waals surface area contributed by atoms with Crippen molar-refractivity contribution in [1.29, 1.82) is 0 Å². The molecule has 1 heterocycles. The molecule has 2 atom stereocenters. The van der Waals surface area contributed by atoms with Crippen LogP contribution in [-0.4, -0.2) is 36.5 Å². The number of rotatable bonds is 2. The highest BCUT2D eigenvalue weighted by atomic mass is 19.1. The van der Waals surface area contributed by atoms with Crippen LogP contribution < -0.4 is 22.1 Å². The number of primary amides is 2. The Balaban J connectivity index is 2.90. The van der Waals surface area contributed by atoms with Gasteiger partial charge in [0.15, 0.2) is 0 Å². The first-order chi connectivity index (χ1) is 7.45. The lowest BCUT2D eigenvalue weighted by atomic mass is 9.98. The van der Waals surface area contributed by atoms with E-state index in [0.717, 1.165) is 0 Å². The number of guanidine groups is 1. The Morgan fingerprint density at radius 1 is 1.50 bits per heavy atom. The van der Waals surface area contributed by atoms with Gasteiger partial charge in [0.2, 0.25) is 11.9 Å². The molecule has 0 saturated carbocycles. The summed E-state index contributed by atoms with van der Waals surface area (Å²) in [4.78, 5) is 36.0. The van der Waals surface area contributed by atoms with Crippen LogP contribution in [0, 0.1) is 5.92 Å². The maximum absolute atomic E-state index is 12.6. The zero-order valence-electron chi connectivity index (χ0n) is 8.07. The number of nitrogens with one attached hydrogen (secondary N) is 2. The second-order valence-corrected chi connectivity index (χ2v) is 3.07. The number of alkyl halides is 1. The molecule has 16 heavy (non-hydrogen) atoms. The number of carbonyl (C=O) groups excluding carboxylic acids is 3. The van der Waals surface area contributed by atoms with Crippen LogP contribution in [0.1, 0.15) is 0 Å². The van der Waals surface area contributed by atoms with E-state index in [2.05, 4.69) is 10.3 Å². The van der Waals surface area contributed by atoms with E-state index in [1.54, 1.807) is 0 Å². The third-order valence-corrected chi connectivity index (χ3v) is 1.93. The van der Waals surface area contributed by atoms with E-state index in [4.69, 9.17) is 11.5 Å². The number of carbonyl (C=O) groups is 3. The molecule has 1 aliphatic rings. The fraction of sp³-hybridized carbons (Fsp3) is 0.429. The van der Waals surface area contributed by atoms with E-state index < -0.39 is 36.5 Å². The topological polar surface area (TPSA) is 140 Å². The first-order valence-electron chi connectivity index (χ1n) is 4.26. The Morgan fingerprint density at radius 2 is 2.12 bits per heavy atom. The normalized spacial score (nSPS) is 24.3. The molecule has 6 N–H and O–H groups in total. The Hall–Kier alpha value is -2.19. The van der Waals surface area contributed by atoms with E-state index in [1.807, 2.05) is 5.32 Å². The third-order valence-electron chi connectivity index (χ3n) is 1.93. The number of hydrogen-bond acceptors (Lipinski definition) is 4. The molecule has 0 aromatic rings. The molecule has 0 bridgehead atoms. The van der Waals surface area contributed by atoms with E-state index in [0.29, 0.717) is 0 Å². The fourth-order valence-electron chi connectivity index (χ4n) is 1.27. The van der Waals surface area contributed by atoms with Crippen LogP contribution in [0.3, 0.4) is 0 Å². The number of halogens is 1. The van der Waals surface area contributed by atoms with Crippen molar-refractivity contribution >= 4 is 23.8 Å². The lowest BCUT2D eigenvalue weighted by Gasteiger charge is -2.26. The van der Waals surface area contributed by atoms with Crippen LogP contribution in [0.5, 0.6) is 0 Å². The van der Waals surface area contributed by atoms with Gasteiger partial charge in [-0.15, -0.1) is 0 Å². The zero-order chi connectivity index (χ0) is 12.3. The smallest absolute Gasteiger partial charge is 0.318 e. The lowest BCUT2D eigenvalue weighted by molar-refractivity contribution is -0.133. The van der Waals surface area contributed by atoms with Crippen LogP contribution in [-0.2, 0) is 9.59 Å². The quantitative estimate of drug-likeness (QED) is 0.392. The van der Waals surface area contributed by atoms with E-state index in [-0.39, 0.29) is 5.96 Å². The van der Waals surface area contributed by atoms with Gasteiger partial charge in [-0.1, -0.05) is 0 Å². The van der Waals surface area contributed by atoms with Crippen molar-refractivity contribution in [3.63, 3.8) is 0 Å². The Bertz CT molecular complexity index is 369. The van der Waals surface area contributed by atoms with Gasteiger partial charge in [0.1, 0.15) is 12.6 Å². The van der Waals surface area contributed by atoms with Gasteiger partial charge in [0.05, 0.1) is 6.04 Å². The first kappa shape index (κ1) is 11.9. The predicted octanol–water partition coefficient (Wildman–Crippen LogP) is -2.42. The molecule has 1 unspecified atom stereocenters. The zero-order valence-corrected chi connectivity index (χ0v) is 8.07. The lowest BCUT2D eigenvalue weighted by Crippen LogP contribution is -2.58. The summed E-state index contributed by atoms with van der Waals surface area (Å²) in [6.45, 7) is -1.02. The highest BCUT2D eigenvalue weighted by molar-refractivity contribution is 6.10. The number of nitrogens with two attached hydrogens (primary N) is 2. The third kappa shape index (κ3) is 2.43. The summed E-state index contributed by atoms with van der Waals surface area (Å²) in [5.74, 6) is -3.58. The average molecular weight is 231 g/mol. The highest BCUT2D eigenvalue weighted by Crippen LogP contribution is 2.11. The minimum Gasteiger partial charge on any atom is -0.369 e. The minimum atomic E-state index is -1.39. The molecular formula is C7H10FN5O3. The number of hydrogen-bond donors (Lipinski definition) is 4.